The van der Waals surface area contributed by atoms with Gasteiger partial charge in [0, 0.05) is 51.9 Å². The highest BCUT2D eigenvalue weighted by Gasteiger charge is 2.31. The van der Waals surface area contributed by atoms with E-state index in [2.05, 4.69) is 10.2 Å². The minimum atomic E-state index is -3.19. The second-order valence-corrected chi connectivity index (χ2v) is 7.72. The zero-order valence-electron chi connectivity index (χ0n) is 12.1. The summed E-state index contributed by atoms with van der Waals surface area (Å²) in [5.41, 5.74) is 0. The smallest absolute Gasteiger partial charge is 0.215 e. The molecule has 0 amide bonds. The summed E-state index contributed by atoms with van der Waals surface area (Å²) < 4.78 is 26.7. The van der Waals surface area contributed by atoms with Crippen LogP contribution in [0.5, 0.6) is 0 Å². The minimum absolute atomic E-state index is 0.00164. The van der Waals surface area contributed by atoms with Crippen LogP contribution in [-0.2, 0) is 10.0 Å². The number of nitrogens with one attached hydrogen (secondary N) is 1. The largest absolute Gasteiger partial charge is 0.396 e. The highest BCUT2D eigenvalue weighted by atomic mass is 32.2. The van der Waals surface area contributed by atoms with Crippen LogP contribution in [-0.4, -0.2) is 80.4 Å². The number of hydrogen-bond donors (Lipinski definition) is 2. The molecule has 0 radical (unpaired) electrons. The Balaban J connectivity index is 1.89. The van der Waals surface area contributed by atoms with Crippen LogP contribution in [0.3, 0.4) is 0 Å². The molecule has 0 aromatic carbocycles. The fraction of sp³-hybridized carbons (Fsp3) is 1.00. The summed E-state index contributed by atoms with van der Waals surface area (Å²) in [6.07, 6.45) is 3.45. The molecule has 2 rings (SSSR count). The minimum Gasteiger partial charge on any atom is -0.396 e. The van der Waals surface area contributed by atoms with E-state index < -0.39 is 10.0 Å². The van der Waals surface area contributed by atoms with Crippen LogP contribution < -0.4 is 5.32 Å². The van der Waals surface area contributed by atoms with Crippen molar-refractivity contribution >= 4 is 10.0 Å². The first-order valence-electron chi connectivity index (χ1n) is 7.67. The van der Waals surface area contributed by atoms with Crippen LogP contribution in [0.1, 0.15) is 25.7 Å². The van der Waals surface area contributed by atoms with E-state index in [4.69, 9.17) is 5.11 Å². The van der Waals surface area contributed by atoms with Gasteiger partial charge in [-0.05, 0) is 19.3 Å². The van der Waals surface area contributed by atoms with Gasteiger partial charge >= 0.3 is 0 Å². The van der Waals surface area contributed by atoms with Gasteiger partial charge in [-0.3, -0.25) is 4.90 Å². The molecule has 0 spiro atoms. The van der Waals surface area contributed by atoms with Gasteiger partial charge in [-0.1, -0.05) is 6.42 Å². The van der Waals surface area contributed by atoms with Crippen molar-refractivity contribution in [3.05, 3.63) is 0 Å². The van der Waals surface area contributed by atoms with Crippen molar-refractivity contribution in [1.82, 2.24) is 14.5 Å². The third-order valence-electron chi connectivity index (χ3n) is 4.27. The monoisotopic (exact) mass is 305 g/mol. The fourth-order valence-corrected chi connectivity index (χ4v) is 4.87. The first-order chi connectivity index (χ1) is 9.63. The molecule has 0 bridgehead atoms. The summed E-state index contributed by atoms with van der Waals surface area (Å²) in [4.78, 5) is 2.21. The Morgan fingerprint density at radius 2 is 1.90 bits per heavy atom. The average Bonchev–Trinajstić information content (AvgIpc) is 2.47. The fourth-order valence-electron chi connectivity index (χ4n) is 3.07. The molecule has 2 heterocycles. The summed E-state index contributed by atoms with van der Waals surface area (Å²) in [7, 11) is -3.19. The van der Waals surface area contributed by atoms with Gasteiger partial charge < -0.3 is 10.4 Å². The lowest BCUT2D eigenvalue weighted by molar-refractivity contribution is 0.191. The molecule has 0 aromatic heterocycles. The van der Waals surface area contributed by atoms with Gasteiger partial charge in [-0.2, -0.15) is 4.31 Å². The summed E-state index contributed by atoms with van der Waals surface area (Å²) in [5, 5.41) is 12.4. The van der Waals surface area contributed by atoms with E-state index in [0.717, 1.165) is 45.4 Å². The molecule has 1 atom stereocenters. The first kappa shape index (κ1) is 16.2. The highest BCUT2D eigenvalue weighted by Crippen LogP contribution is 2.23. The van der Waals surface area contributed by atoms with E-state index in [1.165, 1.54) is 0 Å². The number of piperidine rings is 1. The average molecular weight is 305 g/mol. The maximum atomic E-state index is 12.5. The van der Waals surface area contributed by atoms with Gasteiger partial charge in [0.15, 0.2) is 0 Å². The zero-order valence-corrected chi connectivity index (χ0v) is 12.9. The van der Waals surface area contributed by atoms with Crippen LogP contribution in [0.25, 0.3) is 0 Å². The first-order valence-corrected chi connectivity index (χ1v) is 9.28. The van der Waals surface area contributed by atoms with Gasteiger partial charge in [0.2, 0.25) is 10.0 Å². The molecule has 6 nitrogen and oxygen atoms in total. The van der Waals surface area contributed by atoms with E-state index in [1.807, 2.05) is 0 Å². The molecule has 2 aliphatic rings. The Bertz CT molecular complexity index is 380. The lowest BCUT2D eigenvalue weighted by atomic mass is 10.0. The second kappa shape index (κ2) is 7.70. The molecule has 118 valence electrons. The van der Waals surface area contributed by atoms with E-state index in [-0.39, 0.29) is 18.4 Å². The third-order valence-corrected chi connectivity index (χ3v) is 6.16. The van der Waals surface area contributed by atoms with E-state index in [1.54, 1.807) is 4.31 Å². The van der Waals surface area contributed by atoms with E-state index in [0.29, 0.717) is 19.5 Å². The Morgan fingerprint density at radius 3 is 2.60 bits per heavy atom. The van der Waals surface area contributed by atoms with Crippen LogP contribution in [0.15, 0.2) is 0 Å². The topological polar surface area (TPSA) is 72.9 Å². The maximum absolute atomic E-state index is 12.5. The van der Waals surface area contributed by atoms with Crippen molar-refractivity contribution in [1.29, 1.82) is 0 Å². The molecule has 1 unspecified atom stereocenters. The van der Waals surface area contributed by atoms with Gasteiger partial charge in [-0.15, -0.1) is 0 Å². The van der Waals surface area contributed by atoms with Crippen molar-refractivity contribution in [2.75, 3.05) is 51.6 Å². The molecule has 7 heteroatoms. The van der Waals surface area contributed by atoms with Gasteiger partial charge in [-0.25, -0.2) is 8.42 Å². The Morgan fingerprint density at radius 1 is 1.15 bits per heavy atom. The molecule has 2 N–H and O–H groups in total. The van der Waals surface area contributed by atoms with Crippen molar-refractivity contribution in [2.24, 2.45) is 0 Å². The van der Waals surface area contributed by atoms with Crippen LogP contribution >= 0.6 is 0 Å². The van der Waals surface area contributed by atoms with Gasteiger partial charge in [0.05, 0.1) is 5.75 Å². The lowest BCUT2D eigenvalue weighted by Crippen LogP contribution is -2.49. The normalized spacial score (nSPS) is 26.8. The van der Waals surface area contributed by atoms with E-state index in [9.17, 15) is 8.42 Å². The summed E-state index contributed by atoms with van der Waals surface area (Å²) in [6, 6.07) is 0.00164. The molecule has 2 saturated heterocycles. The van der Waals surface area contributed by atoms with Crippen molar-refractivity contribution in [3.63, 3.8) is 0 Å². The predicted molar refractivity (Wildman–Crippen MR) is 79.1 cm³/mol. The van der Waals surface area contributed by atoms with Crippen LogP contribution in [0, 0.1) is 0 Å². The molecular formula is C13H27N3O3S. The lowest BCUT2D eigenvalue weighted by Gasteiger charge is -2.35. The van der Waals surface area contributed by atoms with Crippen LogP contribution in [0.2, 0.25) is 0 Å². The number of piperazine rings is 1. The summed E-state index contributed by atoms with van der Waals surface area (Å²) in [5.74, 6) is 0.203. The highest BCUT2D eigenvalue weighted by molar-refractivity contribution is 7.89. The molecule has 0 aromatic rings. The number of rotatable bonds is 6. The number of hydrogen-bond acceptors (Lipinski definition) is 5. The summed E-state index contributed by atoms with van der Waals surface area (Å²) >= 11 is 0. The summed E-state index contributed by atoms with van der Waals surface area (Å²) in [6.45, 7) is 5.04. The number of aliphatic hydroxyl groups is 1. The van der Waals surface area contributed by atoms with Crippen molar-refractivity contribution < 1.29 is 13.5 Å². The SMILES string of the molecule is O=S(=O)(CCN1CCNCC1)N1CCCCC1CCO. The van der Waals surface area contributed by atoms with Crippen molar-refractivity contribution in [2.45, 2.75) is 31.7 Å². The third kappa shape index (κ3) is 4.39. The number of nitrogens with zero attached hydrogens (tertiary/aromatic N) is 2. The molecule has 20 heavy (non-hydrogen) atoms. The quantitative estimate of drug-likeness (QED) is 0.689. The Labute approximate surface area is 122 Å². The van der Waals surface area contributed by atoms with Gasteiger partial charge in [0.25, 0.3) is 0 Å². The molecule has 0 aliphatic carbocycles. The standard InChI is InChI=1S/C13H27N3O3S/c17-11-4-13-3-1-2-7-16(13)20(18,19)12-10-15-8-5-14-6-9-15/h13-14,17H,1-12H2. The maximum Gasteiger partial charge on any atom is 0.215 e. The van der Waals surface area contributed by atoms with Crippen LogP contribution in [0.4, 0.5) is 0 Å². The van der Waals surface area contributed by atoms with Gasteiger partial charge in [0.1, 0.15) is 0 Å². The predicted octanol–water partition coefficient (Wildman–Crippen LogP) is -0.542. The molecular weight excluding hydrogens is 278 g/mol. The Hall–Kier alpha value is -0.210. The second-order valence-electron chi connectivity index (χ2n) is 5.68. The zero-order chi connectivity index (χ0) is 14.4. The Kier molecular flexibility index (Phi) is 6.22. The van der Waals surface area contributed by atoms with E-state index >= 15 is 0 Å². The molecule has 2 aliphatic heterocycles. The molecule has 0 saturated carbocycles. The molecule has 2 fully saturated rings. The number of aliphatic hydroxyl groups excluding tert-OH is 1. The van der Waals surface area contributed by atoms with Crippen molar-refractivity contribution in [3.8, 4) is 0 Å². The number of sulfonamides is 1.